The van der Waals surface area contributed by atoms with Gasteiger partial charge in [0.2, 0.25) is 0 Å². The third kappa shape index (κ3) is 3.72. The Kier molecular flexibility index (Phi) is 5.17. The number of piperidine rings is 1. The molecule has 0 radical (unpaired) electrons. The fourth-order valence-electron chi connectivity index (χ4n) is 4.00. The summed E-state index contributed by atoms with van der Waals surface area (Å²) in [6, 6.07) is 2.01. The first-order valence-corrected chi connectivity index (χ1v) is 10.4. The zero-order valence-corrected chi connectivity index (χ0v) is 16.6. The summed E-state index contributed by atoms with van der Waals surface area (Å²) in [7, 11) is 0. The van der Waals surface area contributed by atoms with Crippen molar-refractivity contribution < 1.29 is 9.32 Å². The second kappa shape index (κ2) is 7.58. The largest absolute Gasteiger partial charge is 0.339 e. The molecule has 0 atom stereocenters. The second-order valence-electron chi connectivity index (χ2n) is 8.31. The highest BCUT2D eigenvalue weighted by molar-refractivity contribution is 6.06. The smallest absolute Gasteiger partial charge is 0.259 e. The highest BCUT2D eigenvalue weighted by Gasteiger charge is 2.31. The van der Waals surface area contributed by atoms with E-state index < -0.39 is 0 Å². The van der Waals surface area contributed by atoms with Crippen LogP contribution in [0.2, 0.25) is 0 Å². The van der Waals surface area contributed by atoms with Gasteiger partial charge in [-0.1, -0.05) is 25.9 Å². The van der Waals surface area contributed by atoms with Crippen LogP contribution in [0.25, 0.3) is 11.1 Å². The van der Waals surface area contributed by atoms with Crippen LogP contribution < -0.4 is 5.32 Å². The van der Waals surface area contributed by atoms with Crippen molar-refractivity contribution in [3.8, 4) is 0 Å². The Morgan fingerprint density at radius 3 is 2.67 bits per heavy atom. The molecular weight excluding hydrogens is 340 g/mol. The number of nitrogens with zero attached hydrogens (tertiary/aromatic N) is 3. The van der Waals surface area contributed by atoms with Crippen LogP contribution in [0.3, 0.4) is 0 Å². The highest BCUT2D eigenvalue weighted by Crippen LogP contribution is 2.41. The first-order valence-electron chi connectivity index (χ1n) is 10.4. The van der Waals surface area contributed by atoms with E-state index in [1.54, 1.807) is 0 Å². The molecular formula is C21H30N4O2. The molecule has 6 nitrogen and oxygen atoms in total. The van der Waals surface area contributed by atoms with E-state index in [2.05, 4.69) is 36.2 Å². The average molecular weight is 370 g/mol. The predicted octanol–water partition coefficient (Wildman–Crippen LogP) is 3.69. The number of aromatic nitrogens is 2. The molecule has 27 heavy (non-hydrogen) atoms. The molecule has 2 aliphatic rings. The van der Waals surface area contributed by atoms with E-state index in [1.165, 1.54) is 0 Å². The lowest BCUT2D eigenvalue weighted by Crippen LogP contribution is -2.41. The van der Waals surface area contributed by atoms with Crippen LogP contribution in [-0.2, 0) is 0 Å². The zero-order chi connectivity index (χ0) is 19.0. The molecule has 4 rings (SSSR count). The third-order valence-corrected chi connectivity index (χ3v) is 5.85. The van der Waals surface area contributed by atoms with Crippen LogP contribution in [0, 0.1) is 5.92 Å². The summed E-state index contributed by atoms with van der Waals surface area (Å²) in [6.07, 6.45) is 4.41. The fourth-order valence-corrected chi connectivity index (χ4v) is 4.00. The van der Waals surface area contributed by atoms with E-state index >= 15 is 0 Å². The summed E-state index contributed by atoms with van der Waals surface area (Å²) >= 11 is 0. The number of carbonyl (C=O) groups is 1. The fraction of sp³-hybridized carbons (Fsp3) is 0.667. The van der Waals surface area contributed by atoms with Gasteiger partial charge in [-0.2, -0.15) is 0 Å². The average Bonchev–Trinajstić information content (AvgIpc) is 3.44. The minimum Gasteiger partial charge on any atom is -0.339 e. The Bertz CT molecular complexity index is 817. The van der Waals surface area contributed by atoms with Crippen molar-refractivity contribution in [1.82, 2.24) is 20.4 Å². The summed E-state index contributed by atoms with van der Waals surface area (Å²) in [6.45, 7) is 9.98. The molecule has 1 N–H and O–H groups in total. The van der Waals surface area contributed by atoms with Crippen molar-refractivity contribution in [2.45, 2.75) is 58.3 Å². The summed E-state index contributed by atoms with van der Waals surface area (Å²) in [4.78, 5) is 20.1. The van der Waals surface area contributed by atoms with Crippen molar-refractivity contribution in [2.24, 2.45) is 5.92 Å². The van der Waals surface area contributed by atoms with Crippen LogP contribution in [0.4, 0.5) is 0 Å². The second-order valence-corrected chi connectivity index (χ2v) is 8.31. The molecule has 2 aromatic heterocycles. The Hall–Kier alpha value is -1.95. The number of fused-ring (bicyclic) bond motifs is 1. The van der Waals surface area contributed by atoms with Crippen LogP contribution in [0.5, 0.6) is 0 Å². The standard InChI is InChI=1S/C21H30N4O2/c1-4-22-12-14-7-9-25(10-8-14)21(26)16-11-17(15-5-6-15)23-20-18(16)19(13(2)3)24-27-20/h11,13-15,22H,4-10,12H2,1-3H3. The Labute approximate surface area is 160 Å². The quantitative estimate of drug-likeness (QED) is 0.840. The van der Waals surface area contributed by atoms with Crippen molar-refractivity contribution in [1.29, 1.82) is 0 Å². The summed E-state index contributed by atoms with van der Waals surface area (Å²) < 4.78 is 5.53. The molecule has 0 bridgehead atoms. The van der Waals surface area contributed by atoms with Gasteiger partial charge in [0, 0.05) is 24.7 Å². The first kappa shape index (κ1) is 18.4. The van der Waals surface area contributed by atoms with E-state index in [1.807, 2.05) is 11.0 Å². The van der Waals surface area contributed by atoms with Gasteiger partial charge < -0.3 is 14.7 Å². The maximum Gasteiger partial charge on any atom is 0.259 e. The summed E-state index contributed by atoms with van der Waals surface area (Å²) in [5, 5.41) is 8.48. The van der Waals surface area contributed by atoms with E-state index in [0.717, 1.165) is 74.2 Å². The lowest BCUT2D eigenvalue weighted by molar-refractivity contribution is 0.0692. The predicted molar refractivity (Wildman–Crippen MR) is 105 cm³/mol. The zero-order valence-electron chi connectivity index (χ0n) is 16.6. The van der Waals surface area contributed by atoms with Gasteiger partial charge in [0.1, 0.15) is 0 Å². The number of amides is 1. The Balaban J connectivity index is 1.62. The lowest BCUT2D eigenvalue weighted by atomic mass is 9.95. The maximum atomic E-state index is 13.4. The number of hydrogen-bond acceptors (Lipinski definition) is 5. The lowest BCUT2D eigenvalue weighted by Gasteiger charge is -2.32. The van der Waals surface area contributed by atoms with Crippen molar-refractivity contribution >= 4 is 17.0 Å². The molecule has 1 saturated heterocycles. The van der Waals surface area contributed by atoms with Gasteiger partial charge in [-0.15, -0.1) is 0 Å². The van der Waals surface area contributed by atoms with Crippen molar-refractivity contribution in [3.05, 3.63) is 23.0 Å². The van der Waals surface area contributed by atoms with E-state index in [-0.39, 0.29) is 11.8 Å². The highest BCUT2D eigenvalue weighted by atomic mass is 16.5. The van der Waals surface area contributed by atoms with Gasteiger partial charge in [-0.05, 0) is 56.7 Å². The van der Waals surface area contributed by atoms with Crippen molar-refractivity contribution in [2.75, 3.05) is 26.2 Å². The SMILES string of the molecule is CCNCC1CCN(C(=O)c2cc(C3CC3)nc3onc(C(C)C)c23)CC1. The molecule has 1 aliphatic carbocycles. The number of carbonyl (C=O) groups excluding carboxylic acids is 1. The molecule has 146 valence electrons. The minimum absolute atomic E-state index is 0.108. The minimum atomic E-state index is 0.108. The number of nitrogens with one attached hydrogen (secondary N) is 1. The molecule has 1 aliphatic heterocycles. The molecule has 0 unspecified atom stereocenters. The summed E-state index contributed by atoms with van der Waals surface area (Å²) in [5.74, 6) is 1.43. The molecule has 0 spiro atoms. The van der Waals surface area contributed by atoms with Gasteiger partial charge in [0.15, 0.2) is 0 Å². The third-order valence-electron chi connectivity index (χ3n) is 5.85. The molecule has 6 heteroatoms. The maximum absolute atomic E-state index is 13.4. The van der Waals surface area contributed by atoms with E-state index in [4.69, 9.17) is 4.52 Å². The molecule has 2 fully saturated rings. The topological polar surface area (TPSA) is 71.3 Å². The number of pyridine rings is 1. The van der Waals surface area contributed by atoms with Gasteiger partial charge >= 0.3 is 0 Å². The number of rotatable bonds is 6. The molecule has 1 amide bonds. The van der Waals surface area contributed by atoms with Crippen LogP contribution in [0.1, 0.15) is 80.0 Å². The molecule has 0 aromatic carbocycles. The van der Waals surface area contributed by atoms with E-state index in [9.17, 15) is 4.79 Å². The van der Waals surface area contributed by atoms with Crippen LogP contribution in [-0.4, -0.2) is 47.1 Å². The number of likely N-dealkylation sites (tertiary alicyclic amines) is 1. The normalized spacial score (nSPS) is 18.6. The van der Waals surface area contributed by atoms with Gasteiger partial charge in [0.05, 0.1) is 16.6 Å². The molecule has 2 aromatic rings. The van der Waals surface area contributed by atoms with Gasteiger partial charge in [-0.25, -0.2) is 4.98 Å². The summed E-state index contributed by atoms with van der Waals surface area (Å²) in [5.41, 5.74) is 3.08. The van der Waals surface area contributed by atoms with E-state index in [0.29, 0.717) is 17.5 Å². The number of hydrogen-bond donors (Lipinski definition) is 1. The van der Waals surface area contributed by atoms with Crippen molar-refractivity contribution in [3.63, 3.8) is 0 Å². The monoisotopic (exact) mass is 370 g/mol. The van der Waals surface area contributed by atoms with Gasteiger partial charge in [-0.3, -0.25) is 4.79 Å². The van der Waals surface area contributed by atoms with Crippen LogP contribution >= 0.6 is 0 Å². The molecule has 1 saturated carbocycles. The Morgan fingerprint density at radius 1 is 1.30 bits per heavy atom. The van der Waals surface area contributed by atoms with Gasteiger partial charge in [0.25, 0.3) is 11.6 Å². The first-order chi connectivity index (χ1) is 13.1. The molecule has 3 heterocycles. The van der Waals surface area contributed by atoms with Crippen LogP contribution in [0.15, 0.2) is 10.6 Å². The Morgan fingerprint density at radius 2 is 2.04 bits per heavy atom.